The maximum absolute atomic E-state index is 12.5. The Morgan fingerprint density at radius 1 is 1.21 bits per heavy atom. The molecule has 2 saturated carbocycles. The van der Waals surface area contributed by atoms with Crippen molar-refractivity contribution in [3.05, 3.63) is 29.8 Å². The molecule has 5 heteroatoms. The van der Waals surface area contributed by atoms with Crippen molar-refractivity contribution in [2.24, 2.45) is 0 Å². The second kappa shape index (κ2) is 8.26. The topological polar surface area (TPSA) is 49.4 Å². The van der Waals surface area contributed by atoms with Crippen molar-refractivity contribution in [1.29, 1.82) is 0 Å². The third-order valence-corrected chi connectivity index (χ3v) is 6.84. The quantitative estimate of drug-likeness (QED) is 0.822. The third kappa shape index (κ3) is 5.15. The molecule has 0 heterocycles. The van der Waals surface area contributed by atoms with Crippen LogP contribution in [-0.4, -0.2) is 39.9 Å². The molecule has 24 heavy (non-hydrogen) atoms. The molecule has 2 fully saturated rings. The molecule has 2 aliphatic carbocycles. The van der Waals surface area contributed by atoms with Gasteiger partial charge in [0.05, 0.1) is 6.54 Å². The summed E-state index contributed by atoms with van der Waals surface area (Å²) in [5.41, 5.74) is 1.86. The van der Waals surface area contributed by atoms with Gasteiger partial charge in [0.1, 0.15) is 0 Å². The van der Waals surface area contributed by atoms with E-state index >= 15 is 0 Å². The van der Waals surface area contributed by atoms with Crippen molar-refractivity contribution in [2.75, 3.05) is 18.9 Å². The van der Waals surface area contributed by atoms with Gasteiger partial charge in [-0.1, -0.05) is 31.4 Å². The Morgan fingerprint density at radius 2 is 1.96 bits per heavy atom. The van der Waals surface area contributed by atoms with Gasteiger partial charge in [-0.3, -0.25) is 13.9 Å². The first-order chi connectivity index (χ1) is 11.6. The predicted octanol–water partition coefficient (Wildman–Crippen LogP) is 3.30. The van der Waals surface area contributed by atoms with E-state index in [1.54, 1.807) is 0 Å². The monoisotopic (exact) mass is 348 g/mol. The van der Waals surface area contributed by atoms with Crippen molar-refractivity contribution in [3.63, 3.8) is 0 Å². The maximum atomic E-state index is 12.5. The second-order valence-corrected chi connectivity index (χ2v) is 8.90. The van der Waals surface area contributed by atoms with E-state index in [0.29, 0.717) is 23.6 Å². The zero-order chi connectivity index (χ0) is 16.9. The molecule has 0 aromatic heterocycles. The summed E-state index contributed by atoms with van der Waals surface area (Å²) in [6.07, 6.45) is 8.29. The number of hydrogen-bond donors (Lipinski definition) is 1. The van der Waals surface area contributed by atoms with Crippen molar-refractivity contribution in [2.45, 2.75) is 62.0 Å². The number of carbonyl (C=O) groups is 1. The number of amides is 1. The molecular weight excluding hydrogens is 320 g/mol. The van der Waals surface area contributed by atoms with Crippen molar-refractivity contribution in [3.8, 4) is 0 Å². The standard InChI is InChI=1S/C19H28N2O2S/c1-21(17-10-11-17)13-19(22)20-16-7-5-6-15(12-16)14-24(23)18-8-3-2-4-9-18/h5-7,12,17-18H,2-4,8-11,13-14H2,1H3,(H,20,22). The molecule has 4 nitrogen and oxygen atoms in total. The van der Waals surface area contributed by atoms with Gasteiger partial charge in [0.25, 0.3) is 0 Å². The highest BCUT2D eigenvalue weighted by atomic mass is 32.2. The SMILES string of the molecule is CN(CC(=O)Nc1cccc(CS(=O)C2CCCCC2)c1)C1CC1. The minimum absolute atomic E-state index is 0.0231. The van der Waals surface area contributed by atoms with Gasteiger partial charge in [-0.25, -0.2) is 0 Å². The number of hydrogen-bond acceptors (Lipinski definition) is 3. The number of carbonyl (C=O) groups excluding carboxylic acids is 1. The molecule has 2 aliphatic rings. The smallest absolute Gasteiger partial charge is 0.238 e. The summed E-state index contributed by atoms with van der Waals surface area (Å²) < 4.78 is 12.5. The van der Waals surface area contributed by atoms with E-state index in [-0.39, 0.29) is 5.91 Å². The van der Waals surface area contributed by atoms with Crippen LogP contribution in [0.4, 0.5) is 5.69 Å². The molecule has 0 radical (unpaired) electrons. The minimum Gasteiger partial charge on any atom is -0.325 e. The molecule has 3 rings (SSSR count). The molecule has 0 saturated heterocycles. The lowest BCUT2D eigenvalue weighted by atomic mass is 10.0. The molecule has 0 bridgehead atoms. The van der Waals surface area contributed by atoms with E-state index in [2.05, 4.69) is 10.2 Å². The Hall–Kier alpha value is -1.20. The first-order valence-electron chi connectivity index (χ1n) is 9.08. The second-order valence-electron chi connectivity index (χ2n) is 7.18. The van der Waals surface area contributed by atoms with Crippen LogP contribution in [0.1, 0.15) is 50.5 Å². The first kappa shape index (κ1) is 17.6. The Balaban J connectivity index is 1.53. The summed E-state index contributed by atoms with van der Waals surface area (Å²) in [6.45, 7) is 0.433. The van der Waals surface area contributed by atoms with Crippen molar-refractivity contribution in [1.82, 2.24) is 4.90 Å². The van der Waals surface area contributed by atoms with Gasteiger partial charge in [0.2, 0.25) is 5.91 Å². The fourth-order valence-corrected chi connectivity index (χ4v) is 5.02. The lowest BCUT2D eigenvalue weighted by molar-refractivity contribution is -0.117. The molecule has 1 atom stereocenters. The third-order valence-electron chi connectivity index (χ3n) is 5.01. The fraction of sp³-hybridized carbons (Fsp3) is 0.632. The zero-order valence-electron chi connectivity index (χ0n) is 14.5. The summed E-state index contributed by atoms with van der Waals surface area (Å²) in [7, 11) is 1.19. The average molecular weight is 349 g/mol. The van der Waals surface area contributed by atoms with Crippen molar-refractivity contribution < 1.29 is 9.00 Å². The highest BCUT2D eigenvalue weighted by molar-refractivity contribution is 7.84. The summed E-state index contributed by atoms with van der Waals surface area (Å²) in [5.74, 6) is 0.617. The predicted molar refractivity (Wildman–Crippen MR) is 99.4 cm³/mol. The number of benzene rings is 1. The molecule has 0 aliphatic heterocycles. The maximum Gasteiger partial charge on any atom is 0.238 e. The summed E-state index contributed by atoms with van der Waals surface area (Å²) >= 11 is 0. The lowest BCUT2D eigenvalue weighted by Gasteiger charge is -2.21. The Kier molecular flexibility index (Phi) is 6.06. The molecule has 1 amide bonds. The molecule has 1 aromatic rings. The van der Waals surface area contributed by atoms with Gasteiger partial charge < -0.3 is 5.32 Å². The van der Waals surface area contributed by atoms with Gasteiger partial charge >= 0.3 is 0 Å². The van der Waals surface area contributed by atoms with Crippen LogP contribution in [0.3, 0.4) is 0 Å². The number of nitrogens with one attached hydrogen (secondary N) is 1. The summed E-state index contributed by atoms with van der Waals surface area (Å²) in [4.78, 5) is 14.2. The van der Waals surface area contributed by atoms with Gasteiger partial charge in [0.15, 0.2) is 0 Å². The fourth-order valence-electron chi connectivity index (χ4n) is 3.42. The number of anilines is 1. The van der Waals surface area contributed by atoms with Crippen LogP contribution >= 0.6 is 0 Å². The van der Waals surface area contributed by atoms with E-state index in [0.717, 1.165) is 24.1 Å². The van der Waals surface area contributed by atoms with Gasteiger partial charge in [-0.15, -0.1) is 0 Å². The highest BCUT2D eigenvalue weighted by Gasteiger charge is 2.27. The van der Waals surface area contributed by atoms with Crippen LogP contribution in [0, 0.1) is 0 Å². The Labute approximate surface area is 147 Å². The summed E-state index contributed by atoms with van der Waals surface area (Å²) in [6, 6.07) is 8.40. The molecule has 132 valence electrons. The van der Waals surface area contributed by atoms with E-state index in [4.69, 9.17) is 0 Å². The van der Waals surface area contributed by atoms with Crippen molar-refractivity contribution >= 4 is 22.4 Å². The van der Waals surface area contributed by atoms with Crippen LogP contribution in [0.5, 0.6) is 0 Å². The van der Waals surface area contributed by atoms with Crippen LogP contribution < -0.4 is 5.32 Å². The normalized spacial score (nSPS) is 20.1. The van der Waals surface area contributed by atoms with Crippen LogP contribution in [0.25, 0.3) is 0 Å². The number of rotatable bonds is 7. The van der Waals surface area contributed by atoms with Crippen LogP contribution in [0.15, 0.2) is 24.3 Å². The van der Waals surface area contributed by atoms with Gasteiger partial charge in [0, 0.05) is 33.5 Å². The molecule has 0 spiro atoms. The van der Waals surface area contributed by atoms with Crippen LogP contribution in [-0.2, 0) is 21.3 Å². The van der Waals surface area contributed by atoms with Gasteiger partial charge in [-0.05, 0) is 50.4 Å². The van der Waals surface area contributed by atoms with Gasteiger partial charge in [-0.2, -0.15) is 0 Å². The molecule has 1 unspecified atom stereocenters. The Morgan fingerprint density at radius 3 is 2.67 bits per heavy atom. The Bertz CT molecular complexity index is 595. The molecule has 1 N–H and O–H groups in total. The number of nitrogens with zero attached hydrogens (tertiary/aromatic N) is 1. The average Bonchev–Trinajstić information content (AvgIpc) is 3.41. The van der Waals surface area contributed by atoms with E-state index in [9.17, 15) is 9.00 Å². The van der Waals surface area contributed by atoms with Crippen LogP contribution in [0.2, 0.25) is 0 Å². The molecular formula is C19H28N2O2S. The van der Waals surface area contributed by atoms with E-state index < -0.39 is 10.8 Å². The van der Waals surface area contributed by atoms with E-state index in [1.807, 2.05) is 31.3 Å². The summed E-state index contributed by atoms with van der Waals surface area (Å²) in [5, 5.41) is 3.32. The highest BCUT2D eigenvalue weighted by Crippen LogP contribution is 2.25. The van der Waals surface area contributed by atoms with E-state index in [1.165, 1.54) is 32.1 Å². The minimum atomic E-state index is -0.806. The largest absolute Gasteiger partial charge is 0.325 e. The lowest BCUT2D eigenvalue weighted by Crippen LogP contribution is -2.31. The first-order valence-corrected chi connectivity index (χ1v) is 10.5. The number of likely N-dealkylation sites (N-methyl/N-ethyl adjacent to an activating group) is 1. The zero-order valence-corrected chi connectivity index (χ0v) is 15.3. The molecule has 1 aromatic carbocycles.